The monoisotopic (exact) mass is 283 g/mol. The number of hydrogen-bond acceptors (Lipinski definition) is 2. The average molecular weight is 283 g/mol. The van der Waals surface area contributed by atoms with E-state index >= 15 is 0 Å². The predicted octanol–water partition coefficient (Wildman–Crippen LogP) is 3.25. The molecule has 3 heteroatoms. The maximum absolute atomic E-state index is 11.9. The molecule has 0 aromatic heterocycles. The van der Waals surface area contributed by atoms with Crippen molar-refractivity contribution in [2.24, 2.45) is 0 Å². The SMILES string of the molecule is COc1ccc(CCC(=O)NCc2cccc(C)c2)cc1. The predicted molar refractivity (Wildman–Crippen MR) is 84.3 cm³/mol. The van der Waals surface area contributed by atoms with Gasteiger partial charge in [0.2, 0.25) is 5.91 Å². The fourth-order valence-corrected chi connectivity index (χ4v) is 2.16. The number of carbonyl (C=O) groups excluding carboxylic acids is 1. The van der Waals surface area contributed by atoms with E-state index in [1.807, 2.05) is 36.4 Å². The van der Waals surface area contributed by atoms with Crippen LogP contribution in [0.25, 0.3) is 0 Å². The zero-order valence-corrected chi connectivity index (χ0v) is 12.6. The van der Waals surface area contributed by atoms with E-state index in [1.54, 1.807) is 7.11 Å². The number of methoxy groups -OCH3 is 1. The Hall–Kier alpha value is -2.29. The maximum Gasteiger partial charge on any atom is 0.220 e. The Morgan fingerprint density at radius 1 is 1.10 bits per heavy atom. The normalized spacial score (nSPS) is 10.2. The molecule has 2 rings (SSSR count). The van der Waals surface area contributed by atoms with Crippen molar-refractivity contribution >= 4 is 5.91 Å². The summed E-state index contributed by atoms with van der Waals surface area (Å²) in [5, 5.41) is 2.96. The van der Waals surface area contributed by atoms with Gasteiger partial charge in [-0.3, -0.25) is 4.79 Å². The smallest absolute Gasteiger partial charge is 0.220 e. The lowest BCUT2D eigenvalue weighted by molar-refractivity contribution is -0.121. The summed E-state index contributed by atoms with van der Waals surface area (Å²) in [6, 6.07) is 16.0. The van der Waals surface area contributed by atoms with Gasteiger partial charge in [-0.05, 0) is 36.6 Å². The first-order valence-corrected chi connectivity index (χ1v) is 7.12. The minimum absolute atomic E-state index is 0.0762. The molecule has 0 radical (unpaired) electrons. The number of aryl methyl sites for hydroxylation is 2. The van der Waals surface area contributed by atoms with E-state index < -0.39 is 0 Å². The van der Waals surface area contributed by atoms with Gasteiger partial charge >= 0.3 is 0 Å². The summed E-state index contributed by atoms with van der Waals surface area (Å²) >= 11 is 0. The van der Waals surface area contributed by atoms with Crippen molar-refractivity contribution < 1.29 is 9.53 Å². The molecule has 0 aliphatic carbocycles. The van der Waals surface area contributed by atoms with Crippen molar-refractivity contribution in [3.8, 4) is 5.75 Å². The molecule has 1 N–H and O–H groups in total. The molecule has 3 nitrogen and oxygen atoms in total. The molecule has 110 valence electrons. The van der Waals surface area contributed by atoms with E-state index in [9.17, 15) is 4.79 Å². The zero-order valence-electron chi connectivity index (χ0n) is 12.6. The third-order valence-corrected chi connectivity index (χ3v) is 3.37. The molecule has 2 aromatic rings. The Kier molecular flexibility index (Phi) is 5.38. The van der Waals surface area contributed by atoms with Gasteiger partial charge in [0.25, 0.3) is 0 Å². The van der Waals surface area contributed by atoms with Crippen molar-refractivity contribution in [2.45, 2.75) is 26.3 Å². The van der Waals surface area contributed by atoms with Crippen molar-refractivity contribution in [3.63, 3.8) is 0 Å². The minimum atomic E-state index is 0.0762. The Morgan fingerprint density at radius 3 is 2.52 bits per heavy atom. The lowest BCUT2D eigenvalue weighted by Gasteiger charge is -2.07. The molecule has 2 aromatic carbocycles. The second-order valence-electron chi connectivity index (χ2n) is 5.11. The van der Waals surface area contributed by atoms with E-state index in [1.165, 1.54) is 5.56 Å². The third kappa shape index (κ3) is 4.95. The first kappa shape index (κ1) is 15.1. The largest absolute Gasteiger partial charge is 0.497 e. The summed E-state index contributed by atoms with van der Waals surface area (Å²) in [4.78, 5) is 11.9. The highest BCUT2D eigenvalue weighted by Gasteiger charge is 2.03. The highest BCUT2D eigenvalue weighted by molar-refractivity contribution is 5.76. The van der Waals surface area contributed by atoms with Crippen LogP contribution in [0.5, 0.6) is 5.75 Å². The first-order valence-electron chi connectivity index (χ1n) is 7.12. The van der Waals surface area contributed by atoms with Crippen molar-refractivity contribution in [1.29, 1.82) is 0 Å². The molecule has 0 saturated carbocycles. The number of rotatable bonds is 6. The Morgan fingerprint density at radius 2 is 1.86 bits per heavy atom. The lowest BCUT2D eigenvalue weighted by atomic mass is 10.1. The van der Waals surface area contributed by atoms with Gasteiger partial charge in [-0.15, -0.1) is 0 Å². The highest BCUT2D eigenvalue weighted by Crippen LogP contribution is 2.12. The van der Waals surface area contributed by atoms with Crippen LogP contribution in [0.1, 0.15) is 23.1 Å². The number of carbonyl (C=O) groups is 1. The molecule has 0 spiro atoms. The van der Waals surface area contributed by atoms with Crippen LogP contribution in [-0.4, -0.2) is 13.0 Å². The maximum atomic E-state index is 11.9. The van der Waals surface area contributed by atoms with Crippen molar-refractivity contribution in [2.75, 3.05) is 7.11 Å². The molecule has 0 aliphatic rings. The van der Waals surface area contributed by atoms with Gasteiger partial charge in [0, 0.05) is 13.0 Å². The number of benzene rings is 2. The number of hydrogen-bond donors (Lipinski definition) is 1. The van der Waals surface area contributed by atoms with Gasteiger partial charge in [-0.1, -0.05) is 42.0 Å². The van der Waals surface area contributed by atoms with E-state index in [2.05, 4.69) is 24.4 Å². The molecular weight excluding hydrogens is 262 g/mol. The van der Waals surface area contributed by atoms with Crippen LogP contribution in [-0.2, 0) is 17.8 Å². The van der Waals surface area contributed by atoms with Crippen LogP contribution in [0.3, 0.4) is 0 Å². The number of nitrogens with one attached hydrogen (secondary N) is 1. The second kappa shape index (κ2) is 7.48. The van der Waals surface area contributed by atoms with Gasteiger partial charge in [0.05, 0.1) is 7.11 Å². The van der Waals surface area contributed by atoms with Crippen LogP contribution < -0.4 is 10.1 Å². The van der Waals surface area contributed by atoms with E-state index in [0.717, 1.165) is 23.3 Å². The number of amides is 1. The van der Waals surface area contributed by atoms with E-state index in [0.29, 0.717) is 13.0 Å². The second-order valence-corrected chi connectivity index (χ2v) is 5.11. The summed E-state index contributed by atoms with van der Waals surface area (Å²) in [6.45, 7) is 2.64. The van der Waals surface area contributed by atoms with Crippen LogP contribution >= 0.6 is 0 Å². The topological polar surface area (TPSA) is 38.3 Å². The average Bonchev–Trinajstić information content (AvgIpc) is 2.51. The fourth-order valence-electron chi connectivity index (χ4n) is 2.16. The quantitative estimate of drug-likeness (QED) is 0.883. The molecule has 0 heterocycles. The first-order chi connectivity index (χ1) is 10.2. The molecule has 0 bridgehead atoms. The summed E-state index contributed by atoms with van der Waals surface area (Å²) in [5.74, 6) is 0.912. The van der Waals surface area contributed by atoms with Gasteiger partial charge in [0.1, 0.15) is 5.75 Å². The van der Waals surface area contributed by atoms with E-state index in [4.69, 9.17) is 4.74 Å². The molecule has 21 heavy (non-hydrogen) atoms. The van der Waals surface area contributed by atoms with Crippen LogP contribution in [0, 0.1) is 6.92 Å². The van der Waals surface area contributed by atoms with Crippen LogP contribution in [0.2, 0.25) is 0 Å². The Labute approximate surface area is 126 Å². The molecule has 0 fully saturated rings. The van der Waals surface area contributed by atoms with Crippen LogP contribution in [0.15, 0.2) is 48.5 Å². The van der Waals surface area contributed by atoms with Gasteiger partial charge in [0.15, 0.2) is 0 Å². The summed E-state index contributed by atoms with van der Waals surface area (Å²) in [7, 11) is 1.65. The fraction of sp³-hybridized carbons (Fsp3) is 0.278. The third-order valence-electron chi connectivity index (χ3n) is 3.37. The Balaban J connectivity index is 1.76. The van der Waals surface area contributed by atoms with Gasteiger partial charge in [-0.25, -0.2) is 0 Å². The van der Waals surface area contributed by atoms with Crippen molar-refractivity contribution in [3.05, 3.63) is 65.2 Å². The summed E-state index contributed by atoms with van der Waals surface area (Å²) < 4.78 is 5.11. The van der Waals surface area contributed by atoms with Crippen molar-refractivity contribution in [1.82, 2.24) is 5.32 Å². The summed E-state index contributed by atoms with van der Waals surface area (Å²) in [5.41, 5.74) is 3.48. The zero-order chi connectivity index (χ0) is 15.1. The molecular formula is C18H21NO2. The molecule has 0 saturated heterocycles. The molecule has 0 unspecified atom stereocenters. The molecule has 0 atom stereocenters. The minimum Gasteiger partial charge on any atom is -0.497 e. The summed E-state index contributed by atoms with van der Waals surface area (Å²) in [6.07, 6.45) is 1.24. The van der Waals surface area contributed by atoms with Crippen LogP contribution in [0.4, 0.5) is 0 Å². The molecule has 1 amide bonds. The van der Waals surface area contributed by atoms with E-state index in [-0.39, 0.29) is 5.91 Å². The highest BCUT2D eigenvalue weighted by atomic mass is 16.5. The standard InChI is InChI=1S/C18H21NO2/c1-14-4-3-5-16(12-14)13-19-18(20)11-8-15-6-9-17(21-2)10-7-15/h3-7,9-10,12H,8,11,13H2,1-2H3,(H,19,20). The lowest BCUT2D eigenvalue weighted by Crippen LogP contribution is -2.23. The molecule has 0 aliphatic heterocycles. The van der Waals surface area contributed by atoms with Gasteiger partial charge in [-0.2, -0.15) is 0 Å². The Bertz CT molecular complexity index is 590. The number of ether oxygens (including phenoxy) is 1. The van der Waals surface area contributed by atoms with Gasteiger partial charge < -0.3 is 10.1 Å².